The van der Waals surface area contributed by atoms with Crippen molar-refractivity contribution in [3.63, 3.8) is 0 Å². The molecule has 0 spiro atoms. The van der Waals surface area contributed by atoms with Gasteiger partial charge in [-0.2, -0.15) is 5.10 Å². The second-order valence-electron chi connectivity index (χ2n) is 4.39. The highest BCUT2D eigenvalue weighted by atomic mass is 79.9. The second-order valence-corrected chi connectivity index (χ2v) is 5.30. The van der Waals surface area contributed by atoms with E-state index in [4.69, 9.17) is 4.74 Å². The van der Waals surface area contributed by atoms with Gasteiger partial charge < -0.3 is 9.72 Å². The second kappa shape index (κ2) is 5.97. The maximum atomic E-state index is 5.24. The van der Waals surface area contributed by atoms with Crippen LogP contribution in [0.1, 0.15) is 5.56 Å². The third kappa shape index (κ3) is 3.05. The molecule has 2 aromatic heterocycles. The van der Waals surface area contributed by atoms with E-state index in [1.165, 1.54) is 0 Å². The maximum Gasteiger partial charge on any atom is 0.146 e. The minimum atomic E-state index is 0.687. The molecule has 2 N–H and O–H groups in total. The van der Waals surface area contributed by atoms with E-state index >= 15 is 0 Å². The number of rotatable bonds is 4. The number of nitrogens with zero attached hydrogens (tertiary/aromatic N) is 2. The number of hydrogen-bond acceptors (Lipinski definition) is 4. The van der Waals surface area contributed by atoms with Crippen LogP contribution in [0.15, 0.2) is 52.3 Å². The predicted molar refractivity (Wildman–Crippen MR) is 88.0 cm³/mol. The molecular formula is C15H13BrN4O. The van der Waals surface area contributed by atoms with Crippen molar-refractivity contribution in [2.45, 2.75) is 0 Å². The summed E-state index contributed by atoms with van der Waals surface area (Å²) in [6.45, 7) is 0. The van der Waals surface area contributed by atoms with E-state index in [9.17, 15) is 0 Å². The largest absolute Gasteiger partial charge is 0.497 e. The molecule has 0 saturated carbocycles. The zero-order valence-corrected chi connectivity index (χ0v) is 12.9. The summed E-state index contributed by atoms with van der Waals surface area (Å²) in [6.07, 6.45) is 5.38. The van der Waals surface area contributed by atoms with Crippen molar-refractivity contribution < 1.29 is 4.74 Å². The first-order valence-corrected chi connectivity index (χ1v) is 7.11. The van der Waals surface area contributed by atoms with Crippen molar-refractivity contribution in [2.24, 2.45) is 5.10 Å². The van der Waals surface area contributed by atoms with Gasteiger partial charge in [-0.1, -0.05) is 0 Å². The Morgan fingerprint density at radius 2 is 2.24 bits per heavy atom. The first-order chi connectivity index (χ1) is 10.3. The molecule has 2 heterocycles. The third-order valence-electron chi connectivity index (χ3n) is 3.03. The summed E-state index contributed by atoms with van der Waals surface area (Å²) in [5.74, 6) is 1.51. The van der Waals surface area contributed by atoms with Crippen LogP contribution >= 0.6 is 15.9 Å². The van der Waals surface area contributed by atoms with Crippen LogP contribution in [-0.2, 0) is 0 Å². The highest BCUT2D eigenvalue weighted by molar-refractivity contribution is 9.10. The standard InChI is InChI=1S/C15H13BrN4O/c1-21-12-3-4-14-13(6-12)10(7-17-14)8-19-20-15-5-2-11(16)9-18-15/h2-9,17H,1H3,(H,18,20)/b19-8+. The summed E-state index contributed by atoms with van der Waals surface area (Å²) < 4.78 is 6.17. The number of methoxy groups -OCH3 is 1. The molecule has 0 radical (unpaired) electrons. The van der Waals surface area contributed by atoms with Crippen molar-refractivity contribution in [1.82, 2.24) is 9.97 Å². The first-order valence-electron chi connectivity index (χ1n) is 6.32. The fourth-order valence-corrected chi connectivity index (χ4v) is 2.20. The SMILES string of the molecule is COc1ccc2[nH]cc(/C=N/Nc3ccc(Br)cn3)c2c1. The van der Waals surface area contributed by atoms with Gasteiger partial charge in [0.15, 0.2) is 0 Å². The van der Waals surface area contributed by atoms with Crippen molar-refractivity contribution in [3.8, 4) is 5.75 Å². The smallest absolute Gasteiger partial charge is 0.146 e. The molecule has 0 amide bonds. The topological polar surface area (TPSA) is 62.3 Å². The van der Waals surface area contributed by atoms with E-state index < -0.39 is 0 Å². The first kappa shape index (κ1) is 13.6. The number of hydrogen-bond donors (Lipinski definition) is 2. The van der Waals surface area contributed by atoms with Crippen molar-refractivity contribution >= 4 is 38.9 Å². The minimum Gasteiger partial charge on any atom is -0.497 e. The van der Waals surface area contributed by atoms with Gasteiger partial charge in [-0.05, 0) is 46.3 Å². The molecule has 0 bridgehead atoms. The van der Waals surface area contributed by atoms with Crippen LogP contribution in [0.25, 0.3) is 10.9 Å². The normalized spacial score (nSPS) is 11.1. The van der Waals surface area contributed by atoms with E-state index in [2.05, 4.69) is 36.4 Å². The zero-order valence-electron chi connectivity index (χ0n) is 11.3. The number of pyridine rings is 1. The number of nitrogens with one attached hydrogen (secondary N) is 2. The molecule has 0 unspecified atom stereocenters. The van der Waals surface area contributed by atoms with E-state index in [1.807, 2.05) is 36.5 Å². The summed E-state index contributed by atoms with van der Waals surface area (Å²) in [6, 6.07) is 9.63. The van der Waals surface area contributed by atoms with Gasteiger partial charge >= 0.3 is 0 Å². The Morgan fingerprint density at radius 1 is 1.33 bits per heavy atom. The number of benzene rings is 1. The number of fused-ring (bicyclic) bond motifs is 1. The molecule has 1 aromatic carbocycles. The summed E-state index contributed by atoms with van der Waals surface area (Å²) in [4.78, 5) is 7.39. The van der Waals surface area contributed by atoms with Gasteiger partial charge in [0.2, 0.25) is 0 Å². The summed E-state index contributed by atoms with van der Waals surface area (Å²) in [5, 5.41) is 5.26. The number of anilines is 1. The van der Waals surface area contributed by atoms with Gasteiger partial charge in [0.05, 0.1) is 13.3 Å². The monoisotopic (exact) mass is 344 g/mol. The van der Waals surface area contributed by atoms with Crippen molar-refractivity contribution in [3.05, 3.63) is 52.8 Å². The average Bonchev–Trinajstić information content (AvgIpc) is 2.91. The maximum absolute atomic E-state index is 5.24. The molecule has 0 fully saturated rings. The Labute approximate surface area is 130 Å². The van der Waals surface area contributed by atoms with Crippen LogP contribution in [0, 0.1) is 0 Å². The number of H-pyrrole nitrogens is 1. The Morgan fingerprint density at radius 3 is 3.00 bits per heavy atom. The summed E-state index contributed by atoms with van der Waals surface area (Å²) >= 11 is 3.34. The molecule has 0 atom stereocenters. The predicted octanol–water partition coefficient (Wildman–Crippen LogP) is 3.78. The average molecular weight is 345 g/mol. The third-order valence-corrected chi connectivity index (χ3v) is 3.50. The number of halogens is 1. The molecule has 0 aliphatic heterocycles. The molecule has 6 heteroatoms. The highest BCUT2D eigenvalue weighted by Gasteiger charge is 2.03. The molecule has 0 aliphatic rings. The Hall–Kier alpha value is -2.34. The fraction of sp³-hybridized carbons (Fsp3) is 0.0667. The van der Waals surface area contributed by atoms with E-state index in [1.54, 1.807) is 19.5 Å². The molecule has 0 aliphatic carbocycles. The summed E-state index contributed by atoms with van der Waals surface area (Å²) in [7, 11) is 1.66. The fourth-order valence-electron chi connectivity index (χ4n) is 1.97. The number of ether oxygens (including phenoxy) is 1. The van der Waals surface area contributed by atoms with Crippen LogP contribution in [0.5, 0.6) is 5.75 Å². The molecule has 21 heavy (non-hydrogen) atoms. The molecule has 5 nitrogen and oxygen atoms in total. The van der Waals surface area contributed by atoms with Gasteiger partial charge in [-0.15, -0.1) is 0 Å². The van der Waals surface area contributed by atoms with Gasteiger partial charge in [-0.25, -0.2) is 4.98 Å². The van der Waals surface area contributed by atoms with Crippen LogP contribution in [0.2, 0.25) is 0 Å². The van der Waals surface area contributed by atoms with Crippen LogP contribution in [-0.4, -0.2) is 23.3 Å². The lowest BCUT2D eigenvalue weighted by Crippen LogP contribution is -1.92. The Balaban J connectivity index is 1.80. The van der Waals surface area contributed by atoms with Gasteiger partial charge in [0.1, 0.15) is 11.6 Å². The highest BCUT2D eigenvalue weighted by Crippen LogP contribution is 2.22. The van der Waals surface area contributed by atoms with Crippen LogP contribution in [0.4, 0.5) is 5.82 Å². The summed E-state index contributed by atoms with van der Waals surface area (Å²) in [5.41, 5.74) is 4.92. The van der Waals surface area contributed by atoms with Crippen molar-refractivity contribution in [2.75, 3.05) is 12.5 Å². The van der Waals surface area contributed by atoms with Gasteiger partial charge in [-0.3, -0.25) is 5.43 Å². The minimum absolute atomic E-state index is 0.687. The number of aromatic amines is 1. The van der Waals surface area contributed by atoms with E-state index in [0.717, 1.165) is 26.7 Å². The molecule has 3 aromatic rings. The lowest BCUT2D eigenvalue weighted by atomic mass is 10.2. The quantitative estimate of drug-likeness (QED) is 0.559. The molecular weight excluding hydrogens is 332 g/mol. The lowest BCUT2D eigenvalue weighted by molar-refractivity contribution is 0.415. The molecule has 106 valence electrons. The number of aromatic nitrogens is 2. The number of hydrazone groups is 1. The van der Waals surface area contributed by atoms with Gasteiger partial charge in [0, 0.05) is 33.3 Å². The van der Waals surface area contributed by atoms with Crippen molar-refractivity contribution in [1.29, 1.82) is 0 Å². The van der Waals surface area contributed by atoms with Gasteiger partial charge in [0.25, 0.3) is 0 Å². The van der Waals surface area contributed by atoms with Crippen LogP contribution in [0.3, 0.4) is 0 Å². The zero-order chi connectivity index (χ0) is 14.7. The molecule has 3 rings (SSSR count). The Bertz CT molecular complexity index is 780. The lowest BCUT2D eigenvalue weighted by Gasteiger charge is -2.00. The molecule has 0 saturated heterocycles. The van der Waals surface area contributed by atoms with E-state index in [-0.39, 0.29) is 0 Å². The Kier molecular flexibility index (Phi) is 3.87. The van der Waals surface area contributed by atoms with E-state index in [0.29, 0.717) is 5.82 Å². The van der Waals surface area contributed by atoms with Crippen LogP contribution < -0.4 is 10.2 Å².